The number of hydrogen-bond donors (Lipinski definition) is 4. The van der Waals surface area contributed by atoms with Gasteiger partial charge in [0.05, 0.1) is 15.7 Å². The minimum Gasteiger partial charge on any atom is -0.507 e. The molecular formula is C28H42O8S3. The largest absolute Gasteiger partial charge is 0.507 e. The van der Waals surface area contributed by atoms with E-state index >= 15 is 0 Å². The van der Waals surface area contributed by atoms with Crippen molar-refractivity contribution < 1.29 is 39.5 Å². The first-order valence-corrected chi connectivity index (χ1v) is 16.3. The summed E-state index contributed by atoms with van der Waals surface area (Å²) in [6, 6.07) is 3.21. The van der Waals surface area contributed by atoms with Crippen molar-refractivity contribution in [1.82, 2.24) is 0 Å². The third-order valence-electron chi connectivity index (χ3n) is 6.95. The van der Waals surface area contributed by atoms with Gasteiger partial charge in [0, 0.05) is 39.9 Å². The lowest BCUT2D eigenvalue weighted by Gasteiger charge is -2.34. The lowest BCUT2D eigenvalue weighted by Crippen LogP contribution is -2.36. The Morgan fingerprint density at radius 3 is 2.26 bits per heavy atom. The van der Waals surface area contributed by atoms with E-state index in [9.17, 15) is 34.8 Å². The quantitative estimate of drug-likeness (QED) is 0.150. The van der Waals surface area contributed by atoms with E-state index in [1.807, 2.05) is 6.92 Å². The van der Waals surface area contributed by atoms with Crippen LogP contribution < -0.4 is 4.74 Å². The topological polar surface area (TPSA) is 141 Å². The lowest BCUT2D eigenvalue weighted by molar-refractivity contribution is -0.137. The molecule has 4 N–H and O–H groups in total. The van der Waals surface area contributed by atoms with Crippen molar-refractivity contribution in [3.05, 3.63) is 23.3 Å². The fourth-order valence-electron chi connectivity index (χ4n) is 4.88. The normalized spacial score (nSPS) is 21.0. The van der Waals surface area contributed by atoms with Gasteiger partial charge in [-0.05, 0) is 51.2 Å². The van der Waals surface area contributed by atoms with E-state index in [4.69, 9.17) is 4.74 Å². The van der Waals surface area contributed by atoms with Gasteiger partial charge in [-0.1, -0.05) is 27.2 Å². The highest BCUT2D eigenvalue weighted by molar-refractivity contribution is 8.22. The highest BCUT2D eigenvalue weighted by Gasteiger charge is 2.54. The van der Waals surface area contributed by atoms with Gasteiger partial charge >= 0.3 is 11.9 Å². The third kappa shape index (κ3) is 9.23. The molecule has 3 atom stereocenters. The predicted octanol–water partition coefficient (Wildman–Crippen LogP) is 5.85. The Labute approximate surface area is 244 Å². The maximum Gasteiger partial charge on any atom is 0.303 e. The maximum atomic E-state index is 11.8. The average Bonchev–Trinajstić information content (AvgIpc) is 3.21. The molecule has 1 saturated heterocycles. The van der Waals surface area contributed by atoms with Crippen LogP contribution in [-0.2, 0) is 16.0 Å². The number of ether oxygens (including phenoxy) is 1. The van der Waals surface area contributed by atoms with E-state index in [0.29, 0.717) is 36.3 Å². The van der Waals surface area contributed by atoms with Crippen LogP contribution in [0.15, 0.2) is 12.1 Å². The molecular weight excluding hydrogens is 561 g/mol. The van der Waals surface area contributed by atoms with Gasteiger partial charge < -0.3 is 25.2 Å². The van der Waals surface area contributed by atoms with E-state index in [0.717, 1.165) is 25.0 Å². The van der Waals surface area contributed by atoms with E-state index in [-0.39, 0.29) is 46.5 Å². The average molecular weight is 603 g/mol. The van der Waals surface area contributed by atoms with Crippen molar-refractivity contribution in [3.63, 3.8) is 0 Å². The van der Waals surface area contributed by atoms with E-state index in [2.05, 4.69) is 13.8 Å². The zero-order chi connectivity index (χ0) is 29.2. The number of thioether (sulfide) groups is 3. The molecule has 220 valence electrons. The Bertz CT molecular complexity index is 983. The summed E-state index contributed by atoms with van der Waals surface area (Å²) in [4.78, 5) is 34.5. The number of Topliss-reactive ketones (excluding diaryl/α,β-unsaturated/α-hetero) is 1. The number of carbonyl (C=O) groups excluding carboxylic acids is 1. The molecule has 0 aromatic heterocycles. The van der Waals surface area contributed by atoms with Gasteiger partial charge in [-0.15, -0.1) is 23.5 Å². The number of aromatic hydroxyl groups is 1. The van der Waals surface area contributed by atoms with Crippen LogP contribution in [-0.4, -0.2) is 76.4 Å². The van der Waals surface area contributed by atoms with Crippen LogP contribution in [0.2, 0.25) is 0 Å². The molecule has 0 saturated carbocycles. The maximum absolute atomic E-state index is 11.8. The molecule has 0 spiro atoms. The Morgan fingerprint density at radius 2 is 1.74 bits per heavy atom. The summed E-state index contributed by atoms with van der Waals surface area (Å²) >= 11 is 5.10. The minimum absolute atomic E-state index is 0.00200. The Morgan fingerprint density at radius 1 is 1.10 bits per heavy atom. The summed E-state index contributed by atoms with van der Waals surface area (Å²) in [7, 11) is 0. The van der Waals surface area contributed by atoms with Crippen LogP contribution >= 0.6 is 35.3 Å². The van der Waals surface area contributed by atoms with Crippen molar-refractivity contribution >= 4 is 53.0 Å². The van der Waals surface area contributed by atoms with Crippen LogP contribution in [0.1, 0.15) is 88.6 Å². The Balaban J connectivity index is 2.05. The molecule has 1 aromatic rings. The molecule has 0 amide bonds. The number of rotatable bonds is 18. The summed E-state index contributed by atoms with van der Waals surface area (Å²) in [5, 5.41) is 40.1. The van der Waals surface area contributed by atoms with Crippen LogP contribution in [0.25, 0.3) is 0 Å². The van der Waals surface area contributed by atoms with Gasteiger partial charge in [-0.25, -0.2) is 0 Å². The van der Waals surface area contributed by atoms with Crippen LogP contribution in [0.5, 0.6) is 11.5 Å². The van der Waals surface area contributed by atoms with Gasteiger partial charge in [-0.2, -0.15) is 11.8 Å². The van der Waals surface area contributed by atoms with Crippen molar-refractivity contribution in [2.75, 3.05) is 18.1 Å². The van der Waals surface area contributed by atoms with Gasteiger partial charge in [0.25, 0.3) is 0 Å². The molecule has 0 radical (unpaired) electrons. The van der Waals surface area contributed by atoms with Crippen LogP contribution in [0.3, 0.4) is 0 Å². The predicted molar refractivity (Wildman–Crippen MR) is 160 cm³/mol. The van der Waals surface area contributed by atoms with Crippen LogP contribution in [0.4, 0.5) is 0 Å². The number of aliphatic hydroxyl groups excluding tert-OH is 1. The first-order chi connectivity index (χ1) is 18.4. The highest BCUT2D eigenvalue weighted by Crippen LogP contribution is 2.64. The van der Waals surface area contributed by atoms with Crippen LogP contribution in [0, 0.1) is 0 Å². The Kier molecular flexibility index (Phi) is 13.3. The molecule has 39 heavy (non-hydrogen) atoms. The van der Waals surface area contributed by atoms with Crippen molar-refractivity contribution in [2.24, 2.45) is 0 Å². The number of phenolic OH excluding ortho intramolecular Hbond substituents is 1. The van der Waals surface area contributed by atoms with Gasteiger partial charge in [0.15, 0.2) is 5.78 Å². The number of phenols is 1. The van der Waals surface area contributed by atoms with E-state index in [1.165, 1.54) is 6.92 Å². The fraction of sp³-hybridized carbons (Fsp3) is 0.679. The van der Waals surface area contributed by atoms with Crippen molar-refractivity contribution in [3.8, 4) is 11.5 Å². The van der Waals surface area contributed by atoms with Gasteiger partial charge in [0.1, 0.15) is 18.1 Å². The molecule has 0 aliphatic carbocycles. The number of carboxylic acid groups (broad SMARTS) is 2. The number of ketones is 1. The van der Waals surface area contributed by atoms with Gasteiger partial charge in [-0.3, -0.25) is 14.4 Å². The SMILES string of the molecule is CCCc1c(OCC(O)CSCC2(CC)SC(CCC(=O)O)(CCC(=O)O)SC2CC)ccc(C(C)=O)c1O. The zero-order valence-electron chi connectivity index (χ0n) is 23.2. The fourth-order valence-corrected chi connectivity index (χ4v) is 11.2. The summed E-state index contributed by atoms with van der Waals surface area (Å²) in [6.45, 7) is 7.65. The minimum atomic E-state index is -0.878. The molecule has 3 unspecified atom stereocenters. The van der Waals surface area contributed by atoms with E-state index in [1.54, 1.807) is 47.4 Å². The standard InChI is InChI=1S/C28H42O8S3/c1-5-8-21-22(10-9-20(18(4)29)26(21)35)36-15-19(30)16-37-17-27(7-3)23(6-2)38-28(39-27,13-11-24(31)32)14-12-25(33)34/h9-10,19,23,30,35H,5-8,11-17H2,1-4H3,(H,31,32)(H,33,34). The summed E-state index contributed by atoms with van der Waals surface area (Å²) in [5.41, 5.74) is 0.825. The van der Waals surface area contributed by atoms with E-state index < -0.39 is 22.1 Å². The molecule has 1 aliphatic rings. The first-order valence-electron chi connectivity index (χ1n) is 13.5. The molecule has 1 aromatic carbocycles. The third-order valence-corrected chi connectivity index (χ3v) is 13.0. The number of aliphatic hydroxyl groups is 1. The number of carboxylic acids is 2. The second-order valence-electron chi connectivity index (χ2n) is 9.96. The summed E-state index contributed by atoms with van der Waals surface area (Å²) in [5.74, 6) is -0.403. The monoisotopic (exact) mass is 602 g/mol. The lowest BCUT2D eigenvalue weighted by atomic mass is 10.0. The molecule has 2 rings (SSSR count). The second-order valence-corrected chi connectivity index (χ2v) is 14.6. The smallest absolute Gasteiger partial charge is 0.303 e. The molecule has 8 nitrogen and oxygen atoms in total. The number of aliphatic carboxylic acids is 2. The van der Waals surface area contributed by atoms with Crippen molar-refractivity contribution in [2.45, 2.75) is 99.2 Å². The molecule has 1 aliphatic heterocycles. The van der Waals surface area contributed by atoms with Crippen molar-refractivity contribution in [1.29, 1.82) is 0 Å². The second kappa shape index (κ2) is 15.4. The summed E-state index contributed by atoms with van der Waals surface area (Å²) in [6.07, 6.45) is 3.13. The Hall–Kier alpha value is -1.56. The molecule has 11 heteroatoms. The number of hydrogen-bond acceptors (Lipinski definition) is 9. The van der Waals surface area contributed by atoms with Gasteiger partial charge in [0.2, 0.25) is 0 Å². The molecule has 0 bridgehead atoms. The first kappa shape index (κ1) is 33.6. The number of benzene rings is 1. The molecule has 1 heterocycles. The zero-order valence-corrected chi connectivity index (χ0v) is 25.7. The summed E-state index contributed by atoms with van der Waals surface area (Å²) < 4.78 is 5.25. The number of carbonyl (C=O) groups is 3. The molecule has 1 fully saturated rings. The highest BCUT2D eigenvalue weighted by atomic mass is 32.2.